The van der Waals surface area contributed by atoms with E-state index in [0.29, 0.717) is 0 Å². The van der Waals surface area contributed by atoms with Gasteiger partial charge in [-0.1, -0.05) is 12.1 Å². The molecule has 0 bridgehead atoms. The van der Waals surface area contributed by atoms with Crippen LogP contribution in [-0.2, 0) is 14.3 Å². The highest BCUT2D eigenvalue weighted by Gasteiger charge is 2.22. The highest BCUT2D eigenvalue weighted by Crippen LogP contribution is 2.11. The number of hydrogen-bond donors (Lipinski definition) is 2. The fourth-order valence-electron chi connectivity index (χ4n) is 1.63. The fraction of sp³-hybridized carbons (Fsp3) is 0.267. The number of carbonyl (C=O) groups excluding carboxylic acids is 2. The standard InChI is InChI=1S/C15H15F2NO5/c1-2-23-12(19)8-4-7-11(15(21)22)18-14(20)9-5-3-6-10(16)13(9)17/h3-6,8,11H,2,7H2,1H3,(H,18,20)(H,21,22)/b8-4+/t11-/m0/s1. The molecule has 0 spiro atoms. The lowest BCUT2D eigenvalue weighted by atomic mass is 10.1. The summed E-state index contributed by atoms with van der Waals surface area (Å²) in [4.78, 5) is 34.0. The molecule has 1 rings (SSSR count). The van der Waals surface area contributed by atoms with E-state index < -0.39 is 41.1 Å². The number of aliphatic carboxylic acids is 1. The van der Waals surface area contributed by atoms with Gasteiger partial charge >= 0.3 is 11.9 Å². The van der Waals surface area contributed by atoms with Crippen molar-refractivity contribution in [1.29, 1.82) is 0 Å². The third-order valence-corrected chi connectivity index (χ3v) is 2.71. The number of ether oxygens (including phenoxy) is 1. The Balaban J connectivity index is 2.76. The van der Waals surface area contributed by atoms with Gasteiger partial charge in [-0.3, -0.25) is 4.79 Å². The molecule has 23 heavy (non-hydrogen) atoms. The number of amides is 1. The lowest BCUT2D eigenvalue weighted by Gasteiger charge is -2.13. The van der Waals surface area contributed by atoms with Crippen LogP contribution in [0, 0.1) is 11.6 Å². The molecule has 1 atom stereocenters. The van der Waals surface area contributed by atoms with E-state index in [9.17, 15) is 23.2 Å². The number of carboxylic acid groups (broad SMARTS) is 1. The van der Waals surface area contributed by atoms with E-state index in [2.05, 4.69) is 10.1 Å². The Bertz CT molecular complexity index is 630. The SMILES string of the molecule is CCOC(=O)/C=C/C[C@H](NC(=O)c1cccc(F)c1F)C(=O)O. The molecule has 1 aromatic rings. The van der Waals surface area contributed by atoms with E-state index in [1.165, 1.54) is 6.08 Å². The first-order chi connectivity index (χ1) is 10.9. The highest BCUT2D eigenvalue weighted by atomic mass is 19.2. The number of hydrogen-bond acceptors (Lipinski definition) is 4. The molecule has 124 valence electrons. The van der Waals surface area contributed by atoms with E-state index in [4.69, 9.17) is 5.11 Å². The first kappa shape index (κ1) is 18.3. The van der Waals surface area contributed by atoms with Crippen molar-refractivity contribution in [2.75, 3.05) is 6.61 Å². The van der Waals surface area contributed by atoms with Gasteiger partial charge in [0.1, 0.15) is 6.04 Å². The van der Waals surface area contributed by atoms with Crippen LogP contribution < -0.4 is 5.32 Å². The number of carbonyl (C=O) groups is 3. The molecule has 0 saturated carbocycles. The van der Waals surface area contributed by atoms with Crippen molar-refractivity contribution in [3.05, 3.63) is 47.5 Å². The molecule has 1 amide bonds. The van der Waals surface area contributed by atoms with E-state index in [-0.39, 0.29) is 13.0 Å². The third-order valence-electron chi connectivity index (χ3n) is 2.71. The number of rotatable bonds is 7. The van der Waals surface area contributed by atoms with E-state index in [0.717, 1.165) is 24.3 Å². The first-order valence-corrected chi connectivity index (χ1v) is 6.67. The van der Waals surface area contributed by atoms with Crippen LogP contribution in [0.4, 0.5) is 8.78 Å². The van der Waals surface area contributed by atoms with Crippen LogP contribution >= 0.6 is 0 Å². The van der Waals surface area contributed by atoms with Gasteiger partial charge in [0.05, 0.1) is 12.2 Å². The van der Waals surface area contributed by atoms with Crippen LogP contribution in [0.15, 0.2) is 30.4 Å². The minimum atomic E-state index is -1.41. The molecule has 0 radical (unpaired) electrons. The van der Waals surface area contributed by atoms with Crippen molar-refractivity contribution < 1.29 is 33.0 Å². The van der Waals surface area contributed by atoms with Gasteiger partial charge < -0.3 is 15.2 Å². The molecule has 0 saturated heterocycles. The van der Waals surface area contributed by atoms with Crippen molar-refractivity contribution in [2.45, 2.75) is 19.4 Å². The van der Waals surface area contributed by atoms with Gasteiger partial charge in [-0.2, -0.15) is 0 Å². The van der Waals surface area contributed by atoms with Crippen LogP contribution in [0.3, 0.4) is 0 Å². The maximum absolute atomic E-state index is 13.5. The van der Waals surface area contributed by atoms with Crippen LogP contribution in [0.2, 0.25) is 0 Å². The zero-order valence-corrected chi connectivity index (χ0v) is 12.2. The Kier molecular flexibility index (Phi) is 6.85. The number of halogens is 2. The normalized spacial score (nSPS) is 12.0. The van der Waals surface area contributed by atoms with E-state index in [1.54, 1.807) is 6.92 Å². The lowest BCUT2D eigenvalue weighted by molar-refractivity contribution is -0.139. The molecular weight excluding hydrogens is 312 g/mol. The summed E-state index contributed by atoms with van der Waals surface area (Å²) in [5.74, 6) is -5.69. The lowest BCUT2D eigenvalue weighted by Crippen LogP contribution is -2.40. The van der Waals surface area contributed by atoms with Crippen LogP contribution in [0.25, 0.3) is 0 Å². The Morgan fingerprint density at radius 3 is 2.65 bits per heavy atom. The van der Waals surface area contributed by atoms with Gasteiger partial charge in [-0.15, -0.1) is 0 Å². The number of esters is 1. The molecule has 8 heteroatoms. The molecule has 0 aliphatic carbocycles. The number of nitrogens with one attached hydrogen (secondary N) is 1. The summed E-state index contributed by atoms with van der Waals surface area (Å²) in [6, 6.07) is 1.59. The molecule has 0 aliphatic rings. The smallest absolute Gasteiger partial charge is 0.330 e. The van der Waals surface area contributed by atoms with E-state index in [1.807, 2.05) is 0 Å². The zero-order valence-electron chi connectivity index (χ0n) is 12.2. The summed E-state index contributed by atoms with van der Waals surface area (Å²) in [6.45, 7) is 1.78. The second-order valence-electron chi connectivity index (χ2n) is 4.36. The molecular formula is C15H15F2NO5. The topological polar surface area (TPSA) is 92.7 Å². The zero-order chi connectivity index (χ0) is 17.4. The minimum absolute atomic E-state index is 0.168. The maximum Gasteiger partial charge on any atom is 0.330 e. The molecule has 0 heterocycles. The largest absolute Gasteiger partial charge is 0.480 e. The quantitative estimate of drug-likeness (QED) is 0.587. The van der Waals surface area contributed by atoms with Crippen molar-refractivity contribution in [1.82, 2.24) is 5.32 Å². The molecule has 0 aromatic heterocycles. The summed E-state index contributed by atoms with van der Waals surface area (Å²) < 4.78 is 31.2. The van der Waals surface area contributed by atoms with Crippen LogP contribution in [-0.4, -0.2) is 35.6 Å². The van der Waals surface area contributed by atoms with Gasteiger partial charge in [-0.05, 0) is 25.5 Å². The summed E-state index contributed by atoms with van der Waals surface area (Å²) in [5.41, 5.74) is -0.606. The fourth-order valence-corrected chi connectivity index (χ4v) is 1.63. The van der Waals surface area contributed by atoms with Gasteiger partial charge in [0.2, 0.25) is 0 Å². The Morgan fingerprint density at radius 1 is 1.35 bits per heavy atom. The first-order valence-electron chi connectivity index (χ1n) is 6.67. The van der Waals surface area contributed by atoms with Gasteiger partial charge in [0.15, 0.2) is 11.6 Å². The molecule has 1 aromatic carbocycles. The average molecular weight is 327 g/mol. The van der Waals surface area contributed by atoms with Crippen molar-refractivity contribution >= 4 is 17.8 Å². The van der Waals surface area contributed by atoms with Gasteiger partial charge in [0, 0.05) is 6.08 Å². The minimum Gasteiger partial charge on any atom is -0.480 e. The molecule has 0 aliphatic heterocycles. The Labute approximate surface area is 130 Å². The highest BCUT2D eigenvalue weighted by molar-refractivity contribution is 5.96. The number of benzene rings is 1. The van der Waals surface area contributed by atoms with Gasteiger partial charge in [-0.25, -0.2) is 18.4 Å². The third kappa shape index (κ3) is 5.50. The second kappa shape index (κ2) is 8.62. The average Bonchev–Trinajstić information content (AvgIpc) is 2.49. The maximum atomic E-state index is 13.5. The van der Waals surface area contributed by atoms with Crippen molar-refractivity contribution in [3.63, 3.8) is 0 Å². The summed E-state index contributed by atoms with van der Waals surface area (Å²) >= 11 is 0. The predicted octanol–water partition coefficient (Wildman–Crippen LogP) is 1.66. The van der Waals surface area contributed by atoms with Crippen LogP contribution in [0.1, 0.15) is 23.7 Å². The molecule has 6 nitrogen and oxygen atoms in total. The Morgan fingerprint density at radius 2 is 2.04 bits per heavy atom. The second-order valence-corrected chi connectivity index (χ2v) is 4.36. The monoisotopic (exact) mass is 327 g/mol. The molecule has 0 fully saturated rings. The van der Waals surface area contributed by atoms with Crippen LogP contribution in [0.5, 0.6) is 0 Å². The molecule has 2 N–H and O–H groups in total. The molecule has 0 unspecified atom stereocenters. The summed E-state index contributed by atoms with van der Waals surface area (Å²) in [5, 5.41) is 11.1. The van der Waals surface area contributed by atoms with Crippen molar-refractivity contribution in [3.8, 4) is 0 Å². The Hall–Kier alpha value is -2.77. The summed E-state index contributed by atoms with van der Waals surface area (Å²) in [7, 11) is 0. The summed E-state index contributed by atoms with van der Waals surface area (Å²) in [6.07, 6.45) is 2.00. The van der Waals surface area contributed by atoms with Gasteiger partial charge in [0.25, 0.3) is 5.91 Å². The van der Waals surface area contributed by atoms with E-state index >= 15 is 0 Å². The van der Waals surface area contributed by atoms with Crippen molar-refractivity contribution in [2.24, 2.45) is 0 Å². The number of carboxylic acids is 1. The predicted molar refractivity (Wildman–Crippen MR) is 75.6 cm³/mol.